The molecular formula is C12H12N2O2. The van der Waals surface area contributed by atoms with Gasteiger partial charge in [0.25, 0.3) is 5.56 Å². The predicted molar refractivity (Wildman–Crippen MR) is 60.7 cm³/mol. The van der Waals surface area contributed by atoms with Crippen molar-refractivity contribution >= 4 is 6.29 Å². The Labute approximate surface area is 92.5 Å². The molecule has 0 radical (unpaired) electrons. The molecule has 0 atom stereocenters. The molecule has 0 saturated carbocycles. The molecule has 1 aromatic carbocycles. The molecule has 0 aliphatic heterocycles. The van der Waals surface area contributed by atoms with Gasteiger partial charge in [0.2, 0.25) is 0 Å². The first kappa shape index (κ1) is 10.4. The lowest BCUT2D eigenvalue weighted by Crippen LogP contribution is -2.19. The number of rotatable bonds is 3. The number of aldehydes is 1. The van der Waals surface area contributed by atoms with E-state index in [1.807, 2.05) is 30.3 Å². The zero-order chi connectivity index (χ0) is 11.5. The zero-order valence-corrected chi connectivity index (χ0v) is 8.93. The molecule has 16 heavy (non-hydrogen) atoms. The molecule has 4 nitrogen and oxygen atoms in total. The summed E-state index contributed by atoms with van der Waals surface area (Å²) in [5, 5.41) is 2.89. The van der Waals surface area contributed by atoms with Crippen molar-refractivity contribution in [3.63, 3.8) is 0 Å². The summed E-state index contributed by atoms with van der Waals surface area (Å²) in [7, 11) is 0. The molecule has 1 N–H and O–H groups in total. The molecule has 0 amide bonds. The van der Waals surface area contributed by atoms with Crippen molar-refractivity contribution in [2.24, 2.45) is 0 Å². The minimum Gasteiger partial charge on any atom is -0.299 e. The van der Waals surface area contributed by atoms with Crippen LogP contribution in [-0.2, 0) is 6.54 Å². The maximum absolute atomic E-state index is 11.7. The molecule has 0 aliphatic rings. The summed E-state index contributed by atoms with van der Waals surface area (Å²) >= 11 is 0. The van der Waals surface area contributed by atoms with E-state index in [0.717, 1.165) is 5.56 Å². The van der Waals surface area contributed by atoms with Gasteiger partial charge in [0.1, 0.15) is 5.56 Å². The van der Waals surface area contributed by atoms with Crippen LogP contribution in [-0.4, -0.2) is 16.1 Å². The van der Waals surface area contributed by atoms with Gasteiger partial charge >= 0.3 is 0 Å². The van der Waals surface area contributed by atoms with Gasteiger partial charge in [-0.15, -0.1) is 0 Å². The van der Waals surface area contributed by atoms with Crippen molar-refractivity contribution in [2.75, 3.05) is 0 Å². The summed E-state index contributed by atoms with van der Waals surface area (Å²) in [6.45, 7) is 2.17. The third kappa shape index (κ3) is 1.82. The number of hydrogen-bond acceptors (Lipinski definition) is 2. The first-order chi connectivity index (χ1) is 7.72. The van der Waals surface area contributed by atoms with E-state index in [4.69, 9.17) is 0 Å². The van der Waals surface area contributed by atoms with E-state index >= 15 is 0 Å². The number of aryl methyl sites for hydroxylation is 1. The highest BCUT2D eigenvalue weighted by molar-refractivity contribution is 5.75. The standard InChI is InChI=1S/C12H12N2O2/c1-9-11(8-15)12(16)14(13-9)7-10-5-3-2-4-6-10/h2-6,8,13H,7H2,1H3. The number of carbonyl (C=O) groups excluding carboxylic acids is 1. The van der Waals surface area contributed by atoms with Crippen molar-refractivity contribution in [3.8, 4) is 0 Å². The van der Waals surface area contributed by atoms with Gasteiger partial charge in [-0.2, -0.15) is 0 Å². The normalized spacial score (nSPS) is 10.3. The number of nitrogens with one attached hydrogen (secondary N) is 1. The fraction of sp³-hybridized carbons (Fsp3) is 0.167. The molecule has 2 rings (SSSR count). The molecule has 4 heteroatoms. The highest BCUT2D eigenvalue weighted by Gasteiger charge is 2.09. The fourth-order valence-electron chi connectivity index (χ4n) is 1.64. The van der Waals surface area contributed by atoms with Gasteiger partial charge in [-0.05, 0) is 12.5 Å². The summed E-state index contributed by atoms with van der Waals surface area (Å²) in [6.07, 6.45) is 0.593. The Bertz CT molecular complexity index is 552. The minimum absolute atomic E-state index is 0.205. The van der Waals surface area contributed by atoms with Crippen molar-refractivity contribution in [3.05, 3.63) is 57.5 Å². The van der Waals surface area contributed by atoms with Crippen LogP contribution in [0.15, 0.2) is 35.1 Å². The number of H-pyrrole nitrogens is 1. The lowest BCUT2D eigenvalue weighted by molar-refractivity contribution is 0.112. The molecule has 1 heterocycles. The molecule has 0 unspecified atom stereocenters. The Morgan fingerprint density at radius 2 is 2.00 bits per heavy atom. The van der Waals surface area contributed by atoms with Crippen LogP contribution in [0.5, 0.6) is 0 Å². The number of hydrogen-bond donors (Lipinski definition) is 1. The monoisotopic (exact) mass is 216 g/mol. The number of carbonyl (C=O) groups is 1. The summed E-state index contributed by atoms with van der Waals surface area (Å²) in [5.41, 5.74) is 1.56. The first-order valence-corrected chi connectivity index (χ1v) is 5.01. The lowest BCUT2D eigenvalue weighted by atomic mass is 10.2. The summed E-state index contributed by atoms with van der Waals surface area (Å²) in [4.78, 5) is 22.4. The maximum Gasteiger partial charge on any atom is 0.277 e. The fourth-order valence-corrected chi connectivity index (χ4v) is 1.64. The van der Waals surface area contributed by atoms with E-state index in [1.54, 1.807) is 6.92 Å². The van der Waals surface area contributed by atoms with Crippen LogP contribution < -0.4 is 5.56 Å². The number of aromatic nitrogens is 2. The van der Waals surface area contributed by atoms with Crippen LogP contribution in [0.4, 0.5) is 0 Å². The van der Waals surface area contributed by atoms with E-state index in [0.29, 0.717) is 18.5 Å². The van der Waals surface area contributed by atoms with E-state index in [2.05, 4.69) is 5.10 Å². The molecule has 0 fully saturated rings. The van der Waals surface area contributed by atoms with Crippen LogP contribution in [0.1, 0.15) is 21.6 Å². The van der Waals surface area contributed by atoms with Gasteiger partial charge in [-0.3, -0.25) is 14.7 Å². The zero-order valence-electron chi connectivity index (χ0n) is 8.93. The predicted octanol–water partition coefficient (Wildman–Crippen LogP) is 1.35. The largest absolute Gasteiger partial charge is 0.299 e. The second-order valence-electron chi connectivity index (χ2n) is 3.65. The molecule has 0 saturated heterocycles. The van der Waals surface area contributed by atoms with Crippen molar-refractivity contribution in [2.45, 2.75) is 13.5 Å². The Balaban J connectivity index is 2.37. The highest BCUT2D eigenvalue weighted by atomic mass is 16.1. The van der Waals surface area contributed by atoms with E-state index in [-0.39, 0.29) is 11.1 Å². The van der Waals surface area contributed by atoms with Crippen LogP contribution >= 0.6 is 0 Å². The number of benzene rings is 1. The molecule has 82 valence electrons. The average molecular weight is 216 g/mol. The van der Waals surface area contributed by atoms with Gasteiger partial charge in [-0.1, -0.05) is 30.3 Å². The van der Waals surface area contributed by atoms with Gasteiger partial charge in [0, 0.05) is 5.69 Å². The number of nitrogens with zero attached hydrogens (tertiary/aromatic N) is 1. The lowest BCUT2D eigenvalue weighted by Gasteiger charge is -2.01. The van der Waals surface area contributed by atoms with Crippen LogP contribution in [0.25, 0.3) is 0 Å². The Morgan fingerprint density at radius 1 is 1.31 bits per heavy atom. The van der Waals surface area contributed by atoms with Crippen LogP contribution in [0.3, 0.4) is 0 Å². The van der Waals surface area contributed by atoms with E-state index < -0.39 is 0 Å². The molecule has 1 aromatic heterocycles. The maximum atomic E-state index is 11.7. The Morgan fingerprint density at radius 3 is 2.56 bits per heavy atom. The molecular weight excluding hydrogens is 204 g/mol. The number of aromatic amines is 1. The second-order valence-corrected chi connectivity index (χ2v) is 3.65. The Kier molecular flexibility index (Phi) is 2.72. The van der Waals surface area contributed by atoms with Gasteiger partial charge in [0.05, 0.1) is 6.54 Å². The van der Waals surface area contributed by atoms with Crippen molar-refractivity contribution in [1.82, 2.24) is 9.78 Å². The molecule has 0 bridgehead atoms. The SMILES string of the molecule is Cc1[nH]n(Cc2ccccc2)c(=O)c1C=O. The van der Waals surface area contributed by atoms with E-state index in [1.165, 1.54) is 4.68 Å². The molecule has 0 spiro atoms. The third-order valence-corrected chi connectivity index (χ3v) is 2.48. The van der Waals surface area contributed by atoms with Crippen LogP contribution in [0.2, 0.25) is 0 Å². The van der Waals surface area contributed by atoms with Crippen molar-refractivity contribution < 1.29 is 4.79 Å². The molecule has 0 aliphatic carbocycles. The first-order valence-electron chi connectivity index (χ1n) is 5.01. The van der Waals surface area contributed by atoms with E-state index in [9.17, 15) is 9.59 Å². The Hall–Kier alpha value is -2.10. The van der Waals surface area contributed by atoms with Crippen molar-refractivity contribution in [1.29, 1.82) is 0 Å². The average Bonchev–Trinajstić information content (AvgIpc) is 2.55. The minimum atomic E-state index is -0.267. The quantitative estimate of drug-likeness (QED) is 0.787. The molecule has 2 aromatic rings. The van der Waals surface area contributed by atoms with Gasteiger partial charge < -0.3 is 0 Å². The summed E-state index contributed by atoms with van der Waals surface area (Å²) in [6, 6.07) is 9.61. The highest BCUT2D eigenvalue weighted by Crippen LogP contribution is 2.02. The van der Waals surface area contributed by atoms with Crippen LogP contribution in [0, 0.1) is 6.92 Å². The smallest absolute Gasteiger partial charge is 0.277 e. The third-order valence-electron chi connectivity index (χ3n) is 2.48. The summed E-state index contributed by atoms with van der Waals surface area (Å²) in [5.74, 6) is 0. The van der Waals surface area contributed by atoms with Gasteiger partial charge in [-0.25, -0.2) is 4.68 Å². The summed E-state index contributed by atoms with van der Waals surface area (Å²) < 4.78 is 1.44. The second kappa shape index (κ2) is 4.18. The van der Waals surface area contributed by atoms with Gasteiger partial charge in [0.15, 0.2) is 6.29 Å². The topological polar surface area (TPSA) is 54.9 Å².